The first-order valence-corrected chi connectivity index (χ1v) is 8.86. The molecule has 0 unspecified atom stereocenters. The van der Waals surface area contributed by atoms with Crippen LogP contribution < -0.4 is 10.5 Å². The van der Waals surface area contributed by atoms with Gasteiger partial charge >= 0.3 is 5.97 Å². The molecular weight excluding hydrogens is 312 g/mol. The van der Waals surface area contributed by atoms with Crippen LogP contribution in [0.25, 0.3) is 0 Å². The van der Waals surface area contributed by atoms with E-state index in [9.17, 15) is 13.2 Å². The highest BCUT2D eigenvalue weighted by molar-refractivity contribution is 8.00. The van der Waals surface area contributed by atoms with Crippen LogP contribution in [0.4, 0.5) is 5.69 Å². The zero-order valence-corrected chi connectivity index (χ0v) is 14.1. The Labute approximate surface area is 129 Å². The lowest BCUT2D eigenvalue weighted by Gasteiger charge is -2.22. The number of esters is 1. The summed E-state index contributed by atoms with van der Waals surface area (Å²) < 4.78 is 31.4. The van der Waals surface area contributed by atoms with E-state index in [1.807, 2.05) is 20.1 Å². The van der Waals surface area contributed by atoms with Crippen LogP contribution >= 0.6 is 11.8 Å². The summed E-state index contributed by atoms with van der Waals surface area (Å²) in [5.41, 5.74) is 5.95. The van der Waals surface area contributed by atoms with Crippen LogP contribution in [-0.2, 0) is 14.8 Å². The molecule has 0 heterocycles. The first-order valence-electron chi connectivity index (χ1n) is 6.15. The maximum absolute atomic E-state index is 12.2. The smallest absolute Gasteiger partial charge is 0.337 e. The monoisotopic (exact) mass is 332 g/mol. The number of methoxy groups -OCH3 is 1. The van der Waals surface area contributed by atoms with Gasteiger partial charge in [0.25, 0.3) is 0 Å². The number of nitrogens with one attached hydrogen (secondary N) is 1. The van der Waals surface area contributed by atoms with Gasteiger partial charge in [0.2, 0.25) is 10.0 Å². The third-order valence-electron chi connectivity index (χ3n) is 2.96. The second-order valence-corrected chi connectivity index (χ2v) is 8.28. The van der Waals surface area contributed by atoms with Crippen LogP contribution in [-0.4, -0.2) is 39.0 Å². The summed E-state index contributed by atoms with van der Waals surface area (Å²) in [7, 11) is -2.48. The number of carbonyl (C=O) groups excluding carboxylic acids is 1. The Bertz CT molecular complexity index is 627. The molecular formula is C13H20N2O4S2. The summed E-state index contributed by atoms with van der Waals surface area (Å²) in [6, 6.07) is 3.96. The third-order valence-corrected chi connectivity index (χ3v) is 5.69. The zero-order chi connectivity index (χ0) is 16.3. The minimum Gasteiger partial charge on any atom is -0.465 e. The lowest BCUT2D eigenvalue weighted by atomic mass is 10.2. The predicted octanol–water partition coefficient (Wildman–Crippen LogP) is 1.48. The minimum absolute atomic E-state index is 0.00681. The Morgan fingerprint density at radius 1 is 1.43 bits per heavy atom. The number of benzene rings is 1. The van der Waals surface area contributed by atoms with Crippen LogP contribution in [0.5, 0.6) is 0 Å². The summed E-state index contributed by atoms with van der Waals surface area (Å²) in [6.45, 7) is 4.14. The quantitative estimate of drug-likeness (QED) is 0.605. The summed E-state index contributed by atoms with van der Waals surface area (Å²) in [5.74, 6) is -0.567. The fourth-order valence-corrected chi connectivity index (χ4v) is 3.09. The van der Waals surface area contributed by atoms with Gasteiger partial charge in [-0.1, -0.05) is 0 Å². The second kappa shape index (κ2) is 6.67. The van der Waals surface area contributed by atoms with Gasteiger partial charge in [-0.05, 0) is 38.3 Å². The van der Waals surface area contributed by atoms with Gasteiger partial charge in [0.1, 0.15) is 4.90 Å². The molecule has 8 heteroatoms. The Kier molecular flexibility index (Phi) is 5.66. The van der Waals surface area contributed by atoms with E-state index in [4.69, 9.17) is 5.73 Å². The van der Waals surface area contributed by atoms with Crippen LogP contribution in [0.3, 0.4) is 0 Å². The summed E-state index contributed by atoms with van der Waals surface area (Å²) in [5, 5.41) is 0. The highest BCUT2D eigenvalue weighted by Gasteiger charge is 2.23. The number of hydrogen-bond donors (Lipinski definition) is 2. The van der Waals surface area contributed by atoms with Crippen molar-refractivity contribution in [3.8, 4) is 0 Å². The van der Waals surface area contributed by atoms with Crippen molar-refractivity contribution in [2.24, 2.45) is 0 Å². The third kappa shape index (κ3) is 4.62. The van der Waals surface area contributed by atoms with Crippen LogP contribution in [0.1, 0.15) is 24.2 Å². The summed E-state index contributed by atoms with van der Waals surface area (Å²) in [4.78, 5) is 11.3. The van der Waals surface area contributed by atoms with Crippen LogP contribution in [0.15, 0.2) is 23.1 Å². The first kappa shape index (κ1) is 17.8. The van der Waals surface area contributed by atoms with E-state index in [-0.39, 0.29) is 27.4 Å². The van der Waals surface area contributed by atoms with Gasteiger partial charge in [0, 0.05) is 11.3 Å². The first-order chi connectivity index (χ1) is 9.63. The van der Waals surface area contributed by atoms with E-state index in [1.165, 1.54) is 25.3 Å². The SMILES string of the molecule is COC(=O)c1ccc(S(=O)(=O)NCC(C)(C)SC)c(N)c1. The van der Waals surface area contributed by atoms with E-state index in [1.54, 1.807) is 11.8 Å². The topological polar surface area (TPSA) is 98.5 Å². The van der Waals surface area contributed by atoms with E-state index < -0.39 is 16.0 Å². The molecule has 0 bridgehead atoms. The van der Waals surface area contributed by atoms with Gasteiger partial charge in [-0.25, -0.2) is 17.9 Å². The maximum Gasteiger partial charge on any atom is 0.337 e. The molecule has 0 aliphatic carbocycles. The van der Waals surface area contributed by atoms with E-state index in [0.29, 0.717) is 0 Å². The molecule has 0 aromatic heterocycles. The van der Waals surface area contributed by atoms with Crippen molar-refractivity contribution in [2.75, 3.05) is 25.6 Å². The van der Waals surface area contributed by atoms with Gasteiger partial charge in [-0.3, -0.25) is 0 Å². The molecule has 0 atom stereocenters. The van der Waals surface area contributed by atoms with Crippen molar-refractivity contribution in [1.29, 1.82) is 0 Å². The van der Waals surface area contributed by atoms with Crippen molar-refractivity contribution in [3.63, 3.8) is 0 Å². The van der Waals surface area contributed by atoms with Gasteiger partial charge in [0.05, 0.1) is 18.4 Å². The molecule has 0 fully saturated rings. The van der Waals surface area contributed by atoms with Crippen LogP contribution in [0.2, 0.25) is 0 Å². The molecule has 118 valence electrons. The molecule has 0 amide bonds. The number of nitrogens with two attached hydrogens (primary N) is 1. The van der Waals surface area contributed by atoms with Crippen molar-refractivity contribution in [1.82, 2.24) is 4.72 Å². The van der Waals surface area contributed by atoms with Crippen molar-refractivity contribution >= 4 is 33.4 Å². The molecule has 0 aliphatic rings. The molecule has 3 N–H and O–H groups in total. The van der Waals surface area contributed by atoms with E-state index in [2.05, 4.69) is 9.46 Å². The predicted molar refractivity (Wildman–Crippen MR) is 85.0 cm³/mol. The van der Waals surface area contributed by atoms with Gasteiger partial charge in [-0.2, -0.15) is 11.8 Å². The number of rotatable bonds is 6. The average molecular weight is 332 g/mol. The molecule has 0 saturated heterocycles. The zero-order valence-electron chi connectivity index (χ0n) is 12.5. The molecule has 21 heavy (non-hydrogen) atoms. The number of nitrogen functional groups attached to an aromatic ring is 1. The van der Waals surface area contributed by atoms with Crippen molar-refractivity contribution in [3.05, 3.63) is 23.8 Å². The highest BCUT2D eigenvalue weighted by Crippen LogP contribution is 2.23. The van der Waals surface area contributed by atoms with Crippen LogP contribution in [0, 0.1) is 0 Å². The largest absolute Gasteiger partial charge is 0.465 e. The van der Waals surface area contributed by atoms with E-state index >= 15 is 0 Å². The normalized spacial score (nSPS) is 12.2. The number of carbonyl (C=O) groups is 1. The fraction of sp³-hybridized carbons (Fsp3) is 0.462. The maximum atomic E-state index is 12.2. The minimum atomic E-state index is -3.72. The van der Waals surface area contributed by atoms with Crippen molar-refractivity contribution in [2.45, 2.75) is 23.5 Å². The molecule has 0 aliphatic heterocycles. The summed E-state index contributed by atoms with van der Waals surface area (Å²) in [6.07, 6.45) is 1.91. The summed E-state index contributed by atoms with van der Waals surface area (Å²) >= 11 is 1.56. The lowest BCUT2D eigenvalue weighted by Crippen LogP contribution is -2.36. The van der Waals surface area contributed by atoms with Crippen molar-refractivity contribution < 1.29 is 17.9 Å². The van der Waals surface area contributed by atoms with E-state index in [0.717, 1.165) is 0 Å². The van der Waals surface area contributed by atoms with Gasteiger partial charge < -0.3 is 10.5 Å². The molecule has 6 nitrogen and oxygen atoms in total. The highest BCUT2D eigenvalue weighted by atomic mass is 32.2. The Morgan fingerprint density at radius 3 is 2.52 bits per heavy atom. The second-order valence-electron chi connectivity index (χ2n) is 5.03. The Balaban J connectivity index is 3.02. The fourth-order valence-electron chi connectivity index (χ4n) is 1.46. The lowest BCUT2D eigenvalue weighted by molar-refractivity contribution is 0.0600. The average Bonchev–Trinajstić information content (AvgIpc) is 2.44. The molecule has 1 aromatic carbocycles. The Morgan fingerprint density at radius 2 is 2.05 bits per heavy atom. The molecule has 0 saturated carbocycles. The molecule has 0 radical (unpaired) electrons. The standard InChI is InChI=1S/C13H20N2O4S2/c1-13(2,20-4)8-15-21(17,18)11-6-5-9(7-10(11)14)12(16)19-3/h5-7,15H,8,14H2,1-4H3. The number of sulfonamides is 1. The molecule has 0 spiro atoms. The van der Waals surface area contributed by atoms with Gasteiger partial charge in [-0.15, -0.1) is 0 Å². The number of ether oxygens (including phenoxy) is 1. The number of thioether (sulfide) groups is 1. The number of hydrogen-bond acceptors (Lipinski definition) is 6. The molecule has 1 aromatic rings. The van der Waals surface area contributed by atoms with Gasteiger partial charge in [0.15, 0.2) is 0 Å². The molecule has 1 rings (SSSR count). The Hall–Kier alpha value is -1.25. The number of anilines is 1.